The smallest absolute Gasteiger partial charge is 0.414 e. The van der Waals surface area contributed by atoms with Gasteiger partial charge in [0.2, 0.25) is 0 Å². The molecule has 2 unspecified atom stereocenters. The van der Waals surface area contributed by atoms with Crippen LogP contribution in [0.25, 0.3) is 0 Å². The maximum atomic E-state index is 14.3. The lowest BCUT2D eigenvalue weighted by molar-refractivity contribution is -0.385. The number of rotatable bonds is 10. The van der Waals surface area contributed by atoms with Crippen molar-refractivity contribution in [3.05, 3.63) is 93.0 Å². The van der Waals surface area contributed by atoms with Crippen molar-refractivity contribution in [1.82, 2.24) is 4.90 Å². The van der Waals surface area contributed by atoms with Gasteiger partial charge in [-0.15, -0.1) is 11.8 Å². The summed E-state index contributed by atoms with van der Waals surface area (Å²) in [7, 11) is 3.55. The van der Waals surface area contributed by atoms with Crippen molar-refractivity contribution in [3.63, 3.8) is 0 Å². The van der Waals surface area contributed by atoms with Crippen molar-refractivity contribution >= 4 is 58.6 Å². The number of hydrogen-bond acceptors (Lipinski definition) is 10. The Kier molecular flexibility index (Phi) is 12.9. The van der Waals surface area contributed by atoms with Gasteiger partial charge in [0.25, 0.3) is 11.6 Å². The zero-order chi connectivity index (χ0) is 34.0. The normalized spacial score (nSPS) is 15.6. The van der Waals surface area contributed by atoms with Gasteiger partial charge in [0.15, 0.2) is 6.10 Å². The van der Waals surface area contributed by atoms with Crippen molar-refractivity contribution < 1.29 is 43.8 Å². The summed E-state index contributed by atoms with van der Waals surface area (Å²) in [6.45, 7) is 3.93. The van der Waals surface area contributed by atoms with Crippen molar-refractivity contribution in [2.24, 2.45) is 0 Å². The number of ether oxygens (including phenoxy) is 2. The Bertz CT molecular complexity index is 1570. The number of likely N-dealkylation sites (N-methyl/N-ethyl adjacent to an activating group) is 1. The van der Waals surface area contributed by atoms with Crippen LogP contribution in [0.15, 0.2) is 71.6 Å². The molecule has 1 amide bonds. The molecule has 46 heavy (non-hydrogen) atoms. The highest BCUT2D eigenvalue weighted by Crippen LogP contribution is 2.47. The number of carboxylic acid groups (broad SMARTS) is 2. The molecule has 1 heterocycles. The maximum Gasteiger partial charge on any atom is 0.414 e. The number of thioether (sulfide) groups is 1. The molecule has 0 fully saturated rings. The summed E-state index contributed by atoms with van der Waals surface area (Å²) >= 11 is 7.35. The number of nitro groups is 1. The van der Waals surface area contributed by atoms with Crippen molar-refractivity contribution in [3.8, 4) is 5.75 Å². The van der Waals surface area contributed by atoms with Gasteiger partial charge in [-0.1, -0.05) is 42.8 Å². The molecule has 244 valence electrons. The molecule has 0 saturated heterocycles. The number of carboxylic acids is 2. The number of aliphatic carboxylic acids is 2. The number of carbonyl (C=O) groups excluding carboxylic acids is 2. The molecule has 0 aliphatic carbocycles. The highest BCUT2D eigenvalue weighted by molar-refractivity contribution is 7.99. The van der Waals surface area contributed by atoms with E-state index >= 15 is 0 Å². The molecule has 1 aliphatic rings. The van der Waals surface area contributed by atoms with Crippen LogP contribution in [0, 0.1) is 10.1 Å². The Hall–Kier alpha value is -4.66. The fourth-order valence-corrected chi connectivity index (χ4v) is 6.02. The minimum atomic E-state index is -1.82. The fourth-order valence-electron chi connectivity index (χ4n) is 4.53. The molecular formula is C31H32ClN3O10S. The third kappa shape index (κ3) is 9.19. The topological polar surface area (TPSA) is 177 Å². The number of fused-ring (bicyclic) bond motifs is 1. The molecule has 0 spiro atoms. The van der Waals surface area contributed by atoms with E-state index in [0.29, 0.717) is 18.8 Å². The van der Waals surface area contributed by atoms with E-state index in [1.165, 1.54) is 23.9 Å². The van der Waals surface area contributed by atoms with Gasteiger partial charge < -0.3 is 29.5 Å². The van der Waals surface area contributed by atoms with E-state index in [-0.39, 0.29) is 10.6 Å². The molecule has 1 aliphatic heterocycles. The maximum absolute atomic E-state index is 14.3. The standard InChI is InChI=1S/C29H30ClN3O6S.C2H2O4/c1-4-15-31(2)16-17-32-23-7-5-6-8-25(23)40-27(19-9-12-21(38-3)13-10-19)26(28(32)34)39-29(35)22-14-11-20(30)18-24(22)33(36)37;3-1(4)2(5)6/h5-14,18,26-27H,4,15-17H2,1-3H3;(H,3,4)(H,5,6). The zero-order valence-corrected chi connectivity index (χ0v) is 26.7. The molecule has 0 bridgehead atoms. The number of halogens is 1. The second kappa shape index (κ2) is 16.6. The van der Waals surface area contributed by atoms with Gasteiger partial charge in [0, 0.05) is 29.1 Å². The molecule has 3 aromatic rings. The molecule has 2 N–H and O–H groups in total. The van der Waals surface area contributed by atoms with E-state index in [4.69, 9.17) is 40.9 Å². The number of amides is 1. The first-order valence-electron chi connectivity index (χ1n) is 13.9. The van der Waals surface area contributed by atoms with Gasteiger partial charge in [-0.25, -0.2) is 14.4 Å². The highest BCUT2D eigenvalue weighted by Gasteiger charge is 2.42. The van der Waals surface area contributed by atoms with Gasteiger partial charge in [0.1, 0.15) is 11.3 Å². The first-order valence-corrected chi connectivity index (χ1v) is 15.1. The summed E-state index contributed by atoms with van der Waals surface area (Å²) in [5.41, 5.74) is 0.685. The van der Waals surface area contributed by atoms with Crippen molar-refractivity contribution in [2.75, 3.05) is 38.7 Å². The van der Waals surface area contributed by atoms with Gasteiger partial charge in [-0.2, -0.15) is 0 Å². The van der Waals surface area contributed by atoms with Crippen LogP contribution >= 0.6 is 23.4 Å². The Labute approximate surface area is 273 Å². The lowest BCUT2D eigenvalue weighted by Gasteiger charge is -2.29. The van der Waals surface area contributed by atoms with E-state index in [2.05, 4.69) is 11.8 Å². The van der Waals surface area contributed by atoms with Crippen LogP contribution in [0.4, 0.5) is 11.4 Å². The van der Waals surface area contributed by atoms with Gasteiger partial charge in [0.05, 0.1) is 23.0 Å². The summed E-state index contributed by atoms with van der Waals surface area (Å²) in [4.78, 5) is 61.5. The SMILES string of the molecule is CCCN(C)CCN1C(=O)C(OC(=O)c2ccc(Cl)cc2[N+](=O)[O-])C(c2ccc(OC)cc2)Sc2ccccc21.O=C(O)C(=O)O. The summed E-state index contributed by atoms with van der Waals surface area (Å²) in [6.07, 6.45) is -0.304. The molecule has 2 atom stereocenters. The molecule has 0 saturated carbocycles. The van der Waals surface area contributed by atoms with Gasteiger partial charge in [-0.3, -0.25) is 14.9 Å². The van der Waals surface area contributed by atoms with Crippen LogP contribution in [0.2, 0.25) is 5.02 Å². The lowest BCUT2D eigenvalue weighted by atomic mass is 10.0. The first-order chi connectivity index (χ1) is 21.9. The van der Waals surface area contributed by atoms with Crippen LogP contribution < -0.4 is 9.64 Å². The summed E-state index contributed by atoms with van der Waals surface area (Å²) in [5.74, 6) is -4.40. The number of nitrogens with zero attached hydrogens (tertiary/aromatic N) is 3. The molecule has 0 aromatic heterocycles. The third-order valence-electron chi connectivity index (χ3n) is 6.74. The van der Waals surface area contributed by atoms with Crippen LogP contribution in [-0.4, -0.2) is 83.7 Å². The number of hydrogen-bond donors (Lipinski definition) is 2. The molecular weight excluding hydrogens is 642 g/mol. The van der Waals surface area contributed by atoms with Gasteiger partial charge >= 0.3 is 17.9 Å². The Morgan fingerprint density at radius 2 is 1.70 bits per heavy atom. The van der Waals surface area contributed by atoms with Gasteiger partial charge in [-0.05, 0) is 62.0 Å². The third-order valence-corrected chi connectivity index (χ3v) is 8.35. The van der Waals surface area contributed by atoms with E-state index in [0.717, 1.165) is 35.2 Å². The summed E-state index contributed by atoms with van der Waals surface area (Å²) in [5, 5.41) is 25.9. The zero-order valence-electron chi connectivity index (χ0n) is 25.1. The highest BCUT2D eigenvalue weighted by atomic mass is 35.5. The summed E-state index contributed by atoms with van der Waals surface area (Å²) in [6, 6.07) is 18.5. The average molecular weight is 674 g/mol. The largest absolute Gasteiger partial charge is 0.497 e. The molecule has 4 rings (SSSR count). The average Bonchev–Trinajstić information content (AvgIpc) is 3.14. The number of methoxy groups -OCH3 is 1. The quantitative estimate of drug-likeness (QED) is 0.125. The van der Waals surface area contributed by atoms with Crippen molar-refractivity contribution in [2.45, 2.75) is 29.6 Å². The Balaban J connectivity index is 0.000000875. The second-order valence-corrected chi connectivity index (χ2v) is 11.5. The summed E-state index contributed by atoms with van der Waals surface area (Å²) < 4.78 is 11.2. The lowest BCUT2D eigenvalue weighted by Crippen LogP contribution is -2.45. The first kappa shape index (κ1) is 35.8. The number of para-hydroxylation sites is 1. The van der Waals surface area contributed by atoms with Crippen LogP contribution in [-0.2, 0) is 19.1 Å². The predicted molar refractivity (Wildman–Crippen MR) is 171 cm³/mol. The number of nitro benzene ring substituents is 1. The number of anilines is 1. The second-order valence-electron chi connectivity index (χ2n) is 9.93. The minimum absolute atomic E-state index is 0.110. The monoisotopic (exact) mass is 673 g/mol. The van der Waals surface area contributed by atoms with E-state index in [9.17, 15) is 19.7 Å². The molecule has 0 radical (unpaired) electrons. The van der Waals surface area contributed by atoms with E-state index < -0.39 is 45.8 Å². The molecule has 13 nitrogen and oxygen atoms in total. The van der Waals surface area contributed by atoms with E-state index in [1.807, 2.05) is 43.4 Å². The number of esters is 1. The Morgan fingerprint density at radius 3 is 2.28 bits per heavy atom. The van der Waals surface area contributed by atoms with Crippen LogP contribution in [0.3, 0.4) is 0 Å². The number of carbonyl (C=O) groups is 4. The van der Waals surface area contributed by atoms with Crippen LogP contribution in [0.1, 0.15) is 34.5 Å². The fraction of sp³-hybridized carbons (Fsp3) is 0.290. The van der Waals surface area contributed by atoms with Crippen molar-refractivity contribution in [1.29, 1.82) is 0 Å². The molecule has 15 heteroatoms. The minimum Gasteiger partial charge on any atom is -0.497 e. The van der Waals surface area contributed by atoms with Crippen LogP contribution in [0.5, 0.6) is 5.75 Å². The van der Waals surface area contributed by atoms with E-state index in [1.54, 1.807) is 24.1 Å². The number of benzene rings is 3. The predicted octanol–water partition coefficient (Wildman–Crippen LogP) is 5.16. The Morgan fingerprint density at radius 1 is 1.04 bits per heavy atom. The molecule has 3 aromatic carbocycles.